The molecule has 3 aromatic rings. The Balaban J connectivity index is 1.80. The van der Waals surface area contributed by atoms with Gasteiger partial charge in [-0.2, -0.15) is 0 Å². The molecule has 2 nitrogen and oxygen atoms in total. The fourth-order valence-corrected chi connectivity index (χ4v) is 2.90. The maximum absolute atomic E-state index is 5.88. The lowest BCUT2D eigenvalue weighted by molar-refractivity contribution is 1.22. The van der Waals surface area contributed by atoms with E-state index >= 15 is 0 Å². The van der Waals surface area contributed by atoms with Gasteiger partial charge in [0.15, 0.2) is 0 Å². The molecule has 0 aliphatic rings. The first-order valence-corrected chi connectivity index (χ1v) is 7.10. The predicted octanol–water partition coefficient (Wildman–Crippen LogP) is 4.45. The lowest BCUT2D eigenvalue weighted by Gasteiger charge is -1.98. The van der Waals surface area contributed by atoms with Crippen molar-refractivity contribution in [3.8, 4) is 10.6 Å². The number of halogens is 1. The van der Waals surface area contributed by atoms with Gasteiger partial charge >= 0.3 is 0 Å². The SMILES string of the molecule is Clc1ccc(Cc2cnc(-c3ccncc3)s2)cc1. The van der Waals surface area contributed by atoms with Crippen LogP contribution in [0.3, 0.4) is 0 Å². The first-order valence-electron chi connectivity index (χ1n) is 5.91. The van der Waals surface area contributed by atoms with Gasteiger partial charge < -0.3 is 0 Å². The molecule has 4 heteroatoms. The Morgan fingerprint density at radius 1 is 1.00 bits per heavy atom. The molecule has 0 aliphatic carbocycles. The van der Waals surface area contributed by atoms with Crippen LogP contribution in [0.4, 0.5) is 0 Å². The Labute approximate surface area is 120 Å². The first kappa shape index (κ1) is 12.3. The van der Waals surface area contributed by atoms with Crippen molar-refractivity contribution in [1.29, 1.82) is 0 Å². The monoisotopic (exact) mass is 286 g/mol. The van der Waals surface area contributed by atoms with Gasteiger partial charge in [-0.05, 0) is 29.8 Å². The van der Waals surface area contributed by atoms with Crippen molar-refractivity contribution in [2.45, 2.75) is 6.42 Å². The van der Waals surface area contributed by atoms with E-state index in [0.29, 0.717) is 0 Å². The summed E-state index contributed by atoms with van der Waals surface area (Å²) < 4.78 is 0. The van der Waals surface area contributed by atoms with Crippen molar-refractivity contribution in [1.82, 2.24) is 9.97 Å². The molecular formula is C15H11ClN2S. The van der Waals surface area contributed by atoms with Crippen molar-refractivity contribution in [3.63, 3.8) is 0 Å². The second-order valence-corrected chi connectivity index (χ2v) is 5.72. The molecule has 2 heterocycles. The van der Waals surface area contributed by atoms with Crippen LogP contribution in [0.1, 0.15) is 10.4 Å². The van der Waals surface area contributed by atoms with Crippen LogP contribution in [0.25, 0.3) is 10.6 Å². The molecule has 94 valence electrons. The van der Waals surface area contributed by atoms with Gasteiger partial charge in [0.05, 0.1) is 0 Å². The second kappa shape index (κ2) is 5.51. The summed E-state index contributed by atoms with van der Waals surface area (Å²) in [5, 5.41) is 1.80. The van der Waals surface area contributed by atoms with Crippen LogP contribution in [0.5, 0.6) is 0 Å². The summed E-state index contributed by atoms with van der Waals surface area (Å²) in [7, 11) is 0. The summed E-state index contributed by atoms with van der Waals surface area (Å²) in [4.78, 5) is 9.73. The molecule has 19 heavy (non-hydrogen) atoms. The molecule has 0 aliphatic heterocycles. The normalized spacial score (nSPS) is 10.6. The van der Waals surface area contributed by atoms with Crippen molar-refractivity contribution >= 4 is 22.9 Å². The van der Waals surface area contributed by atoms with Crippen molar-refractivity contribution in [3.05, 3.63) is 70.5 Å². The number of benzene rings is 1. The number of hydrogen-bond donors (Lipinski definition) is 0. The Kier molecular flexibility index (Phi) is 3.58. The maximum Gasteiger partial charge on any atom is 0.123 e. The number of hydrogen-bond acceptors (Lipinski definition) is 3. The minimum absolute atomic E-state index is 0.769. The van der Waals surface area contributed by atoms with Crippen molar-refractivity contribution < 1.29 is 0 Å². The third-order valence-corrected chi connectivity index (χ3v) is 4.07. The molecule has 0 spiro atoms. The highest BCUT2D eigenvalue weighted by Crippen LogP contribution is 2.26. The zero-order chi connectivity index (χ0) is 13.1. The quantitative estimate of drug-likeness (QED) is 0.711. The Morgan fingerprint density at radius 2 is 1.74 bits per heavy atom. The van der Waals surface area contributed by atoms with E-state index in [0.717, 1.165) is 22.0 Å². The fourth-order valence-electron chi connectivity index (χ4n) is 1.82. The Hall–Kier alpha value is -1.71. The predicted molar refractivity (Wildman–Crippen MR) is 79.6 cm³/mol. The number of nitrogens with zero attached hydrogens (tertiary/aromatic N) is 2. The van der Waals surface area contributed by atoms with E-state index in [4.69, 9.17) is 11.6 Å². The van der Waals surface area contributed by atoms with Crippen LogP contribution in [-0.2, 0) is 6.42 Å². The van der Waals surface area contributed by atoms with Gasteiger partial charge in [-0.15, -0.1) is 11.3 Å². The van der Waals surface area contributed by atoms with E-state index in [-0.39, 0.29) is 0 Å². The zero-order valence-electron chi connectivity index (χ0n) is 10.1. The molecular weight excluding hydrogens is 276 g/mol. The zero-order valence-corrected chi connectivity index (χ0v) is 11.7. The van der Waals surface area contributed by atoms with Crippen LogP contribution < -0.4 is 0 Å². The van der Waals surface area contributed by atoms with Crippen LogP contribution in [0, 0.1) is 0 Å². The molecule has 0 unspecified atom stereocenters. The number of rotatable bonds is 3. The van der Waals surface area contributed by atoms with Gasteiger partial charge in [-0.25, -0.2) is 4.98 Å². The van der Waals surface area contributed by atoms with Crippen LogP contribution in [-0.4, -0.2) is 9.97 Å². The van der Waals surface area contributed by atoms with E-state index in [1.807, 2.05) is 42.6 Å². The summed E-state index contributed by atoms with van der Waals surface area (Å²) in [6.07, 6.45) is 6.40. The highest BCUT2D eigenvalue weighted by atomic mass is 35.5. The largest absolute Gasteiger partial charge is 0.265 e. The molecule has 0 N–H and O–H groups in total. The first-order chi connectivity index (χ1) is 9.31. The van der Waals surface area contributed by atoms with Crippen LogP contribution in [0.2, 0.25) is 5.02 Å². The topological polar surface area (TPSA) is 25.8 Å². The highest BCUT2D eigenvalue weighted by molar-refractivity contribution is 7.15. The van der Waals surface area contributed by atoms with E-state index in [1.165, 1.54) is 10.4 Å². The lowest BCUT2D eigenvalue weighted by Crippen LogP contribution is -1.82. The maximum atomic E-state index is 5.88. The third kappa shape index (κ3) is 3.00. The molecule has 0 amide bonds. The average Bonchev–Trinajstić information content (AvgIpc) is 2.91. The molecule has 0 radical (unpaired) electrons. The van der Waals surface area contributed by atoms with Gasteiger partial charge in [0, 0.05) is 40.5 Å². The summed E-state index contributed by atoms with van der Waals surface area (Å²) in [6.45, 7) is 0. The van der Waals surface area contributed by atoms with E-state index in [2.05, 4.69) is 9.97 Å². The number of thiazole rings is 1. The number of pyridine rings is 1. The Bertz CT molecular complexity index is 662. The molecule has 3 rings (SSSR count). The van der Waals surface area contributed by atoms with Crippen molar-refractivity contribution in [2.75, 3.05) is 0 Å². The standard InChI is InChI=1S/C15H11ClN2S/c16-13-3-1-11(2-4-13)9-14-10-18-15(19-14)12-5-7-17-8-6-12/h1-8,10H,9H2. The molecule has 0 atom stereocenters. The molecule has 0 bridgehead atoms. The van der Waals surface area contributed by atoms with Gasteiger partial charge in [-0.3, -0.25) is 4.98 Å². The van der Waals surface area contributed by atoms with E-state index in [1.54, 1.807) is 23.7 Å². The van der Waals surface area contributed by atoms with Gasteiger partial charge in [0.1, 0.15) is 5.01 Å². The average molecular weight is 287 g/mol. The Morgan fingerprint density at radius 3 is 2.47 bits per heavy atom. The minimum Gasteiger partial charge on any atom is -0.265 e. The summed E-state index contributed by atoms with van der Waals surface area (Å²) in [5.74, 6) is 0. The van der Waals surface area contributed by atoms with Gasteiger partial charge in [-0.1, -0.05) is 23.7 Å². The molecule has 2 aromatic heterocycles. The van der Waals surface area contributed by atoms with Crippen molar-refractivity contribution in [2.24, 2.45) is 0 Å². The molecule has 0 fully saturated rings. The van der Waals surface area contributed by atoms with Crippen LogP contribution >= 0.6 is 22.9 Å². The fraction of sp³-hybridized carbons (Fsp3) is 0.0667. The van der Waals surface area contributed by atoms with E-state index < -0.39 is 0 Å². The smallest absolute Gasteiger partial charge is 0.123 e. The minimum atomic E-state index is 0.769. The summed E-state index contributed by atoms with van der Waals surface area (Å²) in [6, 6.07) is 11.9. The summed E-state index contributed by atoms with van der Waals surface area (Å²) in [5.41, 5.74) is 2.36. The van der Waals surface area contributed by atoms with Gasteiger partial charge in [0.2, 0.25) is 0 Å². The summed E-state index contributed by atoms with van der Waals surface area (Å²) >= 11 is 7.60. The lowest BCUT2D eigenvalue weighted by atomic mass is 10.1. The van der Waals surface area contributed by atoms with E-state index in [9.17, 15) is 0 Å². The molecule has 0 saturated carbocycles. The molecule has 0 saturated heterocycles. The van der Waals surface area contributed by atoms with Gasteiger partial charge in [0.25, 0.3) is 0 Å². The third-order valence-electron chi connectivity index (χ3n) is 2.77. The van der Waals surface area contributed by atoms with Crippen LogP contribution in [0.15, 0.2) is 55.0 Å². The highest BCUT2D eigenvalue weighted by Gasteiger charge is 2.05. The molecule has 1 aromatic carbocycles. The second-order valence-electron chi connectivity index (χ2n) is 4.17. The number of aromatic nitrogens is 2.